The van der Waals surface area contributed by atoms with Gasteiger partial charge in [-0.15, -0.1) is 0 Å². The van der Waals surface area contributed by atoms with E-state index in [4.69, 9.17) is 25.2 Å². The first-order chi connectivity index (χ1) is 9.15. The van der Waals surface area contributed by atoms with Crippen LogP contribution in [0.5, 0.6) is 17.2 Å². The molecule has 0 atom stereocenters. The first-order valence-corrected chi connectivity index (χ1v) is 5.66. The largest absolute Gasteiger partial charge is 0.493 e. The third-order valence-corrected chi connectivity index (χ3v) is 2.50. The molecule has 0 aliphatic rings. The molecule has 0 unspecified atom stereocenters. The Labute approximate surface area is 111 Å². The SMILES string of the molecule is COc1cc(NCCC(N)=NO)cc(OC)c1OC. The van der Waals surface area contributed by atoms with E-state index in [2.05, 4.69) is 10.5 Å². The van der Waals surface area contributed by atoms with Crippen molar-refractivity contribution < 1.29 is 19.4 Å². The van der Waals surface area contributed by atoms with Crippen molar-refractivity contribution in [3.05, 3.63) is 12.1 Å². The fraction of sp³-hybridized carbons (Fsp3) is 0.417. The van der Waals surface area contributed by atoms with Crippen molar-refractivity contribution in [2.75, 3.05) is 33.2 Å². The van der Waals surface area contributed by atoms with Crippen molar-refractivity contribution in [3.8, 4) is 17.2 Å². The first kappa shape index (κ1) is 14.7. The lowest BCUT2D eigenvalue weighted by Gasteiger charge is -2.15. The maximum Gasteiger partial charge on any atom is 0.203 e. The van der Waals surface area contributed by atoms with Gasteiger partial charge in [-0.3, -0.25) is 0 Å². The molecule has 0 bridgehead atoms. The quantitative estimate of drug-likeness (QED) is 0.298. The highest BCUT2D eigenvalue weighted by Crippen LogP contribution is 2.39. The number of oxime groups is 1. The summed E-state index contributed by atoms with van der Waals surface area (Å²) in [5.41, 5.74) is 6.18. The van der Waals surface area contributed by atoms with E-state index in [1.807, 2.05) is 0 Å². The molecule has 0 spiro atoms. The maximum atomic E-state index is 8.44. The van der Waals surface area contributed by atoms with E-state index in [-0.39, 0.29) is 5.84 Å². The van der Waals surface area contributed by atoms with Crippen LogP contribution in [0, 0.1) is 0 Å². The van der Waals surface area contributed by atoms with Gasteiger partial charge in [0.25, 0.3) is 0 Å². The monoisotopic (exact) mass is 269 g/mol. The van der Waals surface area contributed by atoms with Crippen LogP contribution >= 0.6 is 0 Å². The second-order valence-electron chi connectivity index (χ2n) is 3.68. The Morgan fingerprint density at radius 2 is 1.79 bits per heavy atom. The lowest BCUT2D eigenvalue weighted by Crippen LogP contribution is -2.16. The summed E-state index contributed by atoms with van der Waals surface area (Å²) in [5.74, 6) is 1.83. The molecule has 1 aromatic carbocycles. The van der Waals surface area contributed by atoms with Gasteiger partial charge in [0.2, 0.25) is 5.75 Å². The molecule has 0 heterocycles. The fourth-order valence-electron chi connectivity index (χ4n) is 1.57. The predicted molar refractivity (Wildman–Crippen MR) is 72.6 cm³/mol. The molecular weight excluding hydrogens is 250 g/mol. The first-order valence-electron chi connectivity index (χ1n) is 5.66. The van der Waals surface area contributed by atoms with Gasteiger partial charge in [-0.1, -0.05) is 5.16 Å². The summed E-state index contributed by atoms with van der Waals surface area (Å²) in [4.78, 5) is 0. The minimum Gasteiger partial charge on any atom is -0.493 e. The lowest BCUT2D eigenvalue weighted by molar-refractivity contribution is 0.317. The number of methoxy groups -OCH3 is 3. The minimum absolute atomic E-state index is 0.167. The number of nitrogens with one attached hydrogen (secondary N) is 1. The molecule has 19 heavy (non-hydrogen) atoms. The van der Waals surface area contributed by atoms with Crippen LogP contribution in [0.4, 0.5) is 5.69 Å². The number of hydrogen-bond acceptors (Lipinski definition) is 6. The van der Waals surface area contributed by atoms with E-state index < -0.39 is 0 Å². The van der Waals surface area contributed by atoms with Crippen LogP contribution in [0.3, 0.4) is 0 Å². The number of ether oxygens (including phenoxy) is 3. The van der Waals surface area contributed by atoms with E-state index in [9.17, 15) is 0 Å². The summed E-state index contributed by atoms with van der Waals surface area (Å²) in [6.45, 7) is 0.522. The van der Waals surface area contributed by atoms with Crippen molar-refractivity contribution in [3.63, 3.8) is 0 Å². The molecule has 0 radical (unpaired) electrons. The molecule has 7 heteroatoms. The molecule has 0 fully saturated rings. The van der Waals surface area contributed by atoms with Gasteiger partial charge < -0.3 is 30.5 Å². The van der Waals surface area contributed by atoms with Gasteiger partial charge in [-0.2, -0.15) is 0 Å². The zero-order valence-corrected chi connectivity index (χ0v) is 11.3. The van der Waals surface area contributed by atoms with Gasteiger partial charge in [0.05, 0.1) is 21.3 Å². The zero-order valence-electron chi connectivity index (χ0n) is 11.3. The summed E-state index contributed by atoms with van der Waals surface area (Å²) in [6.07, 6.45) is 0.424. The van der Waals surface area contributed by atoms with Crippen LogP contribution in [-0.2, 0) is 0 Å². The summed E-state index contributed by atoms with van der Waals surface area (Å²) < 4.78 is 15.7. The zero-order chi connectivity index (χ0) is 14.3. The number of rotatable bonds is 7. The Morgan fingerprint density at radius 3 is 2.21 bits per heavy atom. The predicted octanol–water partition coefficient (Wildman–Crippen LogP) is 1.26. The third kappa shape index (κ3) is 3.84. The number of anilines is 1. The Bertz CT molecular complexity index is 424. The number of nitrogens with zero attached hydrogens (tertiary/aromatic N) is 1. The van der Waals surface area contributed by atoms with Crippen LogP contribution in [0.15, 0.2) is 17.3 Å². The molecular formula is C12H19N3O4. The lowest BCUT2D eigenvalue weighted by atomic mass is 10.2. The van der Waals surface area contributed by atoms with E-state index in [1.54, 1.807) is 33.5 Å². The normalized spacial score (nSPS) is 11.0. The average Bonchev–Trinajstić information content (AvgIpc) is 2.45. The Balaban J connectivity index is 2.84. The molecule has 0 amide bonds. The topological polar surface area (TPSA) is 98.3 Å². The smallest absolute Gasteiger partial charge is 0.203 e. The minimum atomic E-state index is 0.167. The summed E-state index contributed by atoms with van der Waals surface area (Å²) >= 11 is 0. The van der Waals surface area contributed by atoms with Crippen LogP contribution < -0.4 is 25.3 Å². The van der Waals surface area contributed by atoms with E-state index in [0.717, 1.165) is 5.69 Å². The molecule has 1 rings (SSSR count). The molecule has 0 aromatic heterocycles. The Kier molecular flexibility index (Phi) is 5.59. The molecule has 0 saturated heterocycles. The third-order valence-electron chi connectivity index (χ3n) is 2.50. The Hall–Kier alpha value is -2.31. The van der Waals surface area contributed by atoms with Gasteiger partial charge >= 0.3 is 0 Å². The number of hydrogen-bond donors (Lipinski definition) is 3. The second-order valence-corrected chi connectivity index (χ2v) is 3.68. The van der Waals surface area contributed by atoms with Crippen molar-refractivity contribution in [2.24, 2.45) is 10.9 Å². The van der Waals surface area contributed by atoms with Crippen molar-refractivity contribution >= 4 is 11.5 Å². The molecule has 0 aliphatic carbocycles. The van der Waals surface area contributed by atoms with Crippen molar-refractivity contribution in [1.29, 1.82) is 0 Å². The van der Waals surface area contributed by atoms with Crippen molar-refractivity contribution in [1.82, 2.24) is 0 Å². The summed E-state index contributed by atoms with van der Waals surface area (Å²) in [6, 6.07) is 3.57. The van der Waals surface area contributed by atoms with Crippen LogP contribution in [0.25, 0.3) is 0 Å². The number of amidine groups is 1. The molecule has 0 aliphatic heterocycles. The molecule has 0 saturated carbocycles. The van der Waals surface area contributed by atoms with Crippen molar-refractivity contribution in [2.45, 2.75) is 6.42 Å². The van der Waals surface area contributed by atoms with Gasteiger partial charge in [-0.25, -0.2) is 0 Å². The van der Waals surface area contributed by atoms with Gasteiger partial charge in [-0.05, 0) is 0 Å². The van der Waals surface area contributed by atoms with E-state index >= 15 is 0 Å². The summed E-state index contributed by atoms with van der Waals surface area (Å²) in [7, 11) is 4.65. The van der Waals surface area contributed by atoms with Gasteiger partial charge in [0, 0.05) is 30.8 Å². The molecule has 106 valence electrons. The average molecular weight is 269 g/mol. The number of nitrogens with two attached hydrogens (primary N) is 1. The van der Waals surface area contributed by atoms with Gasteiger partial charge in [0.15, 0.2) is 11.5 Å². The van der Waals surface area contributed by atoms with Crippen LogP contribution in [0.2, 0.25) is 0 Å². The molecule has 1 aromatic rings. The van der Waals surface area contributed by atoms with Crippen LogP contribution in [-0.4, -0.2) is 38.9 Å². The number of benzene rings is 1. The van der Waals surface area contributed by atoms with Gasteiger partial charge in [0.1, 0.15) is 5.84 Å². The second kappa shape index (κ2) is 7.20. The highest BCUT2D eigenvalue weighted by Gasteiger charge is 2.12. The standard InChI is InChI=1S/C12H19N3O4/c1-17-9-6-8(14-5-4-11(13)15-16)7-10(18-2)12(9)19-3/h6-7,14,16H,4-5H2,1-3H3,(H2,13,15). The van der Waals surface area contributed by atoms with Crippen LogP contribution in [0.1, 0.15) is 6.42 Å². The Morgan fingerprint density at radius 1 is 1.21 bits per heavy atom. The fourth-order valence-corrected chi connectivity index (χ4v) is 1.57. The summed E-state index contributed by atoms with van der Waals surface area (Å²) in [5, 5.41) is 14.5. The van der Waals surface area contributed by atoms with E-state index in [0.29, 0.717) is 30.2 Å². The molecule has 4 N–H and O–H groups in total. The highest BCUT2D eigenvalue weighted by molar-refractivity contribution is 5.80. The van der Waals surface area contributed by atoms with E-state index in [1.165, 1.54) is 0 Å². The maximum absolute atomic E-state index is 8.44. The molecule has 7 nitrogen and oxygen atoms in total. The highest BCUT2D eigenvalue weighted by atomic mass is 16.5.